The van der Waals surface area contributed by atoms with Crippen molar-refractivity contribution in [2.45, 2.75) is 6.54 Å². The van der Waals surface area contributed by atoms with Crippen LogP contribution in [0.25, 0.3) is 28.5 Å². The number of aromatic nitrogens is 2. The highest BCUT2D eigenvalue weighted by Gasteiger charge is 2.15. The summed E-state index contributed by atoms with van der Waals surface area (Å²) in [6, 6.07) is 20.8. The van der Waals surface area contributed by atoms with Crippen molar-refractivity contribution < 1.29 is 13.9 Å². The topological polar surface area (TPSA) is 53.4 Å². The highest BCUT2D eigenvalue weighted by atomic mass is 35.5. The molecule has 5 nitrogen and oxygen atoms in total. The summed E-state index contributed by atoms with van der Waals surface area (Å²) in [7, 11) is 2.99. The van der Waals surface area contributed by atoms with Crippen LogP contribution in [-0.2, 0) is 6.54 Å². The fourth-order valence-corrected chi connectivity index (χ4v) is 3.63. The maximum Gasteiger partial charge on any atom is 0.267 e. The molecule has 3 aromatic carbocycles. The van der Waals surface area contributed by atoms with Gasteiger partial charge < -0.3 is 9.47 Å². The zero-order chi connectivity index (χ0) is 24.1. The first-order valence-corrected chi connectivity index (χ1v) is 10.9. The fourth-order valence-electron chi connectivity index (χ4n) is 3.50. The first-order chi connectivity index (χ1) is 16.5. The molecule has 0 unspecified atom stereocenters. The Morgan fingerprint density at radius 3 is 2.29 bits per heavy atom. The lowest BCUT2D eigenvalue weighted by Gasteiger charge is -2.13. The lowest BCUT2D eigenvalue weighted by Crippen LogP contribution is -2.22. The van der Waals surface area contributed by atoms with E-state index in [-0.39, 0.29) is 17.9 Å². The minimum Gasteiger partial charge on any atom is -0.497 e. The van der Waals surface area contributed by atoms with Gasteiger partial charge in [-0.2, -0.15) is 5.10 Å². The number of benzene rings is 3. The number of nitrogens with zero attached hydrogens (tertiary/aromatic N) is 2. The lowest BCUT2D eigenvalue weighted by atomic mass is 9.99. The average Bonchev–Trinajstić information content (AvgIpc) is 2.86. The number of allylic oxidation sites excluding steroid dienone is 1. The third-order valence-corrected chi connectivity index (χ3v) is 5.53. The summed E-state index contributed by atoms with van der Waals surface area (Å²) in [6.07, 6.45) is 3.74. The van der Waals surface area contributed by atoms with Gasteiger partial charge in [-0.25, -0.2) is 9.07 Å². The molecule has 0 saturated carbocycles. The number of ether oxygens (including phenoxy) is 2. The summed E-state index contributed by atoms with van der Waals surface area (Å²) in [5.41, 5.74) is 3.02. The van der Waals surface area contributed by atoms with E-state index in [2.05, 4.69) is 5.10 Å². The van der Waals surface area contributed by atoms with Gasteiger partial charge in [0.25, 0.3) is 5.56 Å². The molecule has 34 heavy (non-hydrogen) atoms. The second-order valence-electron chi connectivity index (χ2n) is 7.46. The summed E-state index contributed by atoms with van der Waals surface area (Å²) < 4.78 is 26.1. The smallest absolute Gasteiger partial charge is 0.267 e. The van der Waals surface area contributed by atoms with Crippen molar-refractivity contribution in [1.82, 2.24) is 9.78 Å². The minimum atomic E-state index is -0.518. The van der Waals surface area contributed by atoms with E-state index in [1.165, 1.54) is 30.0 Å². The zero-order valence-electron chi connectivity index (χ0n) is 18.7. The van der Waals surface area contributed by atoms with Crippen LogP contribution in [0.1, 0.15) is 5.56 Å². The lowest BCUT2D eigenvalue weighted by molar-refractivity contribution is 0.386. The van der Waals surface area contributed by atoms with Gasteiger partial charge in [-0.3, -0.25) is 4.79 Å². The van der Waals surface area contributed by atoms with Gasteiger partial charge in [0.2, 0.25) is 0 Å². The van der Waals surface area contributed by atoms with Gasteiger partial charge in [0, 0.05) is 22.2 Å². The Morgan fingerprint density at radius 1 is 0.941 bits per heavy atom. The number of methoxy groups -OCH3 is 2. The Labute approximate surface area is 201 Å². The normalized spacial score (nSPS) is 11.1. The van der Waals surface area contributed by atoms with Crippen LogP contribution >= 0.6 is 11.6 Å². The zero-order valence-corrected chi connectivity index (χ0v) is 19.4. The minimum absolute atomic E-state index is 0.128. The summed E-state index contributed by atoms with van der Waals surface area (Å²) in [5.74, 6) is 0.305. The molecule has 1 heterocycles. The van der Waals surface area contributed by atoms with Gasteiger partial charge in [0.1, 0.15) is 5.75 Å². The van der Waals surface area contributed by atoms with Crippen molar-refractivity contribution in [2.75, 3.05) is 14.2 Å². The Morgan fingerprint density at radius 2 is 1.65 bits per heavy atom. The quantitative estimate of drug-likeness (QED) is 0.323. The van der Waals surface area contributed by atoms with E-state index in [4.69, 9.17) is 21.1 Å². The molecule has 0 saturated heterocycles. The molecular formula is C27H22ClFN2O3. The van der Waals surface area contributed by atoms with Crippen LogP contribution in [0.4, 0.5) is 4.39 Å². The summed E-state index contributed by atoms with van der Waals surface area (Å²) in [4.78, 5) is 12.9. The Hall–Kier alpha value is -3.90. The maximum atomic E-state index is 14.4. The molecule has 4 rings (SSSR count). The third-order valence-electron chi connectivity index (χ3n) is 5.28. The Balaban J connectivity index is 1.76. The van der Waals surface area contributed by atoms with Crippen molar-refractivity contribution in [3.05, 3.63) is 106 Å². The molecule has 0 bridgehead atoms. The molecule has 172 valence electrons. The third kappa shape index (κ3) is 5.18. The fraction of sp³-hybridized carbons (Fsp3) is 0.111. The number of halogens is 2. The van der Waals surface area contributed by atoms with E-state index in [1.807, 2.05) is 48.6 Å². The molecule has 7 heteroatoms. The molecule has 0 radical (unpaired) electrons. The molecule has 1 aromatic heterocycles. The molecule has 0 aliphatic rings. The second-order valence-corrected chi connectivity index (χ2v) is 7.90. The van der Waals surface area contributed by atoms with Crippen LogP contribution < -0.4 is 15.0 Å². The number of hydrogen-bond donors (Lipinski definition) is 0. The van der Waals surface area contributed by atoms with Crippen LogP contribution in [0.5, 0.6) is 11.5 Å². The second kappa shape index (κ2) is 10.4. The largest absolute Gasteiger partial charge is 0.497 e. The van der Waals surface area contributed by atoms with Crippen LogP contribution in [0.3, 0.4) is 0 Å². The van der Waals surface area contributed by atoms with E-state index in [0.717, 1.165) is 11.1 Å². The molecule has 0 N–H and O–H groups in total. The SMILES string of the molecule is COc1ccc(-c2nn(C/C=C/c3ccc(Cl)cc3)c(=O)cc2-c2ccc(OC)c(F)c2)cc1. The molecule has 0 spiro atoms. The molecule has 0 aliphatic heterocycles. The highest BCUT2D eigenvalue weighted by Crippen LogP contribution is 2.32. The number of rotatable bonds is 7. The first kappa shape index (κ1) is 23.3. The molecule has 0 fully saturated rings. The van der Waals surface area contributed by atoms with Gasteiger partial charge >= 0.3 is 0 Å². The van der Waals surface area contributed by atoms with Crippen LogP contribution in [0, 0.1) is 5.82 Å². The van der Waals surface area contributed by atoms with E-state index < -0.39 is 5.82 Å². The van der Waals surface area contributed by atoms with Crippen molar-refractivity contribution in [3.8, 4) is 33.9 Å². The Bertz CT molecular complexity index is 1380. The predicted octanol–water partition coefficient (Wildman–Crippen LogP) is 6.10. The highest BCUT2D eigenvalue weighted by molar-refractivity contribution is 6.30. The monoisotopic (exact) mass is 476 g/mol. The summed E-state index contributed by atoms with van der Waals surface area (Å²) >= 11 is 5.93. The molecule has 0 amide bonds. The maximum absolute atomic E-state index is 14.4. The van der Waals surface area contributed by atoms with E-state index in [1.54, 1.807) is 25.3 Å². The molecule has 0 atom stereocenters. The van der Waals surface area contributed by atoms with Crippen molar-refractivity contribution in [2.24, 2.45) is 0 Å². The standard InChI is InChI=1S/C27H22ClFN2O3/c1-33-22-12-7-19(8-13-22)27-23(20-9-14-25(34-2)24(29)16-20)17-26(32)31(30-27)15-3-4-18-5-10-21(28)11-6-18/h3-14,16-17H,15H2,1-2H3/b4-3+. The van der Waals surface area contributed by atoms with Gasteiger partial charge in [-0.05, 0) is 59.7 Å². The Kier molecular flexibility index (Phi) is 7.09. The molecule has 0 aliphatic carbocycles. The summed E-state index contributed by atoms with van der Waals surface area (Å²) in [5, 5.41) is 5.29. The summed E-state index contributed by atoms with van der Waals surface area (Å²) in [6.45, 7) is 0.266. The van der Waals surface area contributed by atoms with Crippen molar-refractivity contribution in [1.29, 1.82) is 0 Å². The van der Waals surface area contributed by atoms with Gasteiger partial charge in [0.05, 0.1) is 26.5 Å². The van der Waals surface area contributed by atoms with Gasteiger partial charge in [0.15, 0.2) is 11.6 Å². The van der Waals surface area contributed by atoms with Crippen LogP contribution in [-0.4, -0.2) is 24.0 Å². The van der Waals surface area contributed by atoms with Crippen molar-refractivity contribution >= 4 is 17.7 Å². The van der Waals surface area contributed by atoms with E-state index in [9.17, 15) is 9.18 Å². The van der Waals surface area contributed by atoms with E-state index in [0.29, 0.717) is 27.6 Å². The first-order valence-electron chi connectivity index (χ1n) is 10.5. The average molecular weight is 477 g/mol. The molecule has 4 aromatic rings. The predicted molar refractivity (Wildman–Crippen MR) is 133 cm³/mol. The van der Waals surface area contributed by atoms with Crippen LogP contribution in [0.15, 0.2) is 83.7 Å². The molecular weight excluding hydrogens is 455 g/mol. The van der Waals surface area contributed by atoms with Crippen LogP contribution in [0.2, 0.25) is 5.02 Å². The van der Waals surface area contributed by atoms with Gasteiger partial charge in [-0.1, -0.05) is 42.0 Å². The van der Waals surface area contributed by atoms with E-state index >= 15 is 0 Å². The van der Waals surface area contributed by atoms with Crippen molar-refractivity contribution in [3.63, 3.8) is 0 Å². The number of hydrogen-bond acceptors (Lipinski definition) is 4. The van der Waals surface area contributed by atoms with Gasteiger partial charge in [-0.15, -0.1) is 0 Å².